The van der Waals surface area contributed by atoms with Crippen molar-refractivity contribution in [3.05, 3.63) is 25.3 Å². The summed E-state index contributed by atoms with van der Waals surface area (Å²) in [5, 5.41) is 0. The highest BCUT2D eigenvalue weighted by Gasteiger charge is 1.94. The van der Waals surface area contributed by atoms with Gasteiger partial charge in [0, 0.05) is 13.2 Å². The second kappa shape index (κ2) is 24.0. The van der Waals surface area contributed by atoms with Gasteiger partial charge in [0.15, 0.2) is 0 Å². The number of rotatable bonds is 4. The minimum Gasteiger partial charge on any atom is -0.381 e. The lowest BCUT2D eigenvalue weighted by Crippen LogP contribution is -1.74. The number of hydrogen-bond acceptors (Lipinski definition) is 1. The standard InChI is InChI=1S/2C5H10.C4H8O.BH3/c2*1-3-5-4-2;1-2-4-5-3-1;/h2*3H,1,4-5H2,2H3;1-4H2;1H3. The van der Waals surface area contributed by atoms with Crippen LogP contribution in [0.3, 0.4) is 0 Å². The Morgan fingerprint density at radius 3 is 1.38 bits per heavy atom. The first-order chi connectivity index (χ1) is 7.33. The van der Waals surface area contributed by atoms with Crippen molar-refractivity contribution in [3.8, 4) is 0 Å². The lowest BCUT2D eigenvalue weighted by Gasteiger charge is -1.76. The lowest BCUT2D eigenvalue weighted by atomic mass is 10.3. The van der Waals surface area contributed by atoms with Gasteiger partial charge in [0.2, 0.25) is 0 Å². The van der Waals surface area contributed by atoms with Crippen molar-refractivity contribution in [2.45, 2.75) is 52.4 Å². The molecule has 0 unspecified atom stereocenters. The quantitative estimate of drug-likeness (QED) is 0.526. The average molecular weight is 226 g/mol. The Kier molecular flexibility index (Phi) is 31.3. The molecule has 0 N–H and O–H groups in total. The molecule has 1 aliphatic rings. The third kappa shape index (κ3) is 29.2. The van der Waals surface area contributed by atoms with Gasteiger partial charge in [-0.25, -0.2) is 0 Å². The number of ether oxygens (including phenoxy) is 1. The first-order valence-electron chi connectivity index (χ1n) is 6.12. The third-order valence-corrected chi connectivity index (χ3v) is 1.81. The van der Waals surface area contributed by atoms with E-state index in [1.165, 1.54) is 25.7 Å². The molecule has 1 heterocycles. The molecular formula is C14H31BO. The minimum atomic E-state index is 0. The number of hydrogen-bond donors (Lipinski definition) is 0. The Morgan fingerprint density at radius 2 is 1.31 bits per heavy atom. The maximum absolute atomic E-state index is 4.94. The first-order valence-corrected chi connectivity index (χ1v) is 6.12. The molecule has 0 aromatic heterocycles. The van der Waals surface area contributed by atoms with E-state index in [2.05, 4.69) is 27.0 Å². The molecule has 1 aliphatic heterocycles. The molecule has 2 heteroatoms. The van der Waals surface area contributed by atoms with Crippen molar-refractivity contribution in [1.82, 2.24) is 0 Å². The molecule has 1 nitrogen and oxygen atoms in total. The van der Waals surface area contributed by atoms with Gasteiger partial charge in [0.25, 0.3) is 0 Å². The topological polar surface area (TPSA) is 9.23 Å². The normalized spacial score (nSPS) is 12.1. The highest BCUT2D eigenvalue weighted by atomic mass is 16.5. The van der Waals surface area contributed by atoms with Crippen LogP contribution in [0.25, 0.3) is 0 Å². The SMILES string of the molecule is B.C1CCOC1.C=CCCC.C=CCCC. The molecule has 96 valence electrons. The van der Waals surface area contributed by atoms with E-state index >= 15 is 0 Å². The van der Waals surface area contributed by atoms with Crippen molar-refractivity contribution >= 4 is 8.41 Å². The summed E-state index contributed by atoms with van der Waals surface area (Å²) in [7, 11) is 0. The third-order valence-electron chi connectivity index (χ3n) is 1.81. The molecule has 0 amide bonds. The zero-order chi connectivity index (χ0) is 11.8. The van der Waals surface area contributed by atoms with E-state index < -0.39 is 0 Å². The van der Waals surface area contributed by atoms with Gasteiger partial charge in [0.1, 0.15) is 0 Å². The number of unbranched alkanes of at least 4 members (excludes halogenated alkanes) is 2. The second-order valence-electron chi connectivity index (χ2n) is 3.47. The fourth-order valence-electron chi connectivity index (χ4n) is 0.919. The van der Waals surface area contributed by atoms with Crippen LogP contribution < -0.4 is 0 Å². The largest absolute Gasteiger partial charge is 0.381 e. The van der Waals surface area contributed by atoms with Gasteiger partial charge < -0.3 is 4.74 Å². The van der Waals surface area contributed by atoms with Crippen LogP contribution in [0.15, 0.2) is 25.3 Å². The minimum absolute atomic E-state index is 0. The van der Waals surface area contributed by atoms with Gasteiger partial charge >= 0.3 is 0 Å². The van der Waals surface area contributed by atoms with Crippen molar-refractivity contribution < 1.29 is 4.74 Å². The molecule has 0 saturated carbocycles. The van der Waals surface area contributed by atoms with Gasteiger partial charge in [-0.1, -0.05) is 38.8 Å². The van der Waals surface area contributed by atoms with Crippen LogP contribution in [0.4, 0.5) is 0 Å². The fourth-order valence-corrected chi connectivity index (χ4v) is 0.919. The van der Waals surface area contributed by atoms with Crippen LogP contribution in [0, 0.1) is 0 Å². The van der Waals surface area contributed by atoms with E-state index in [1.807, 2.05) is 12.2 Å². The Hall–Kier alpha value is -0.495. The summed E-state index contributed by atoms with van der Waals surface area (Å²) in [5.74, 6) is 0. The zero-order valence-electron chi connectivity index (χ0n) is 10.6. The maximum atomic E-state index is 4.94. The molecule has 0 spiro atoms. The average Bonchev–Trinajstić information content (AvgIpc) is 2.79. The van der Waals surface area contributed by atoms with Gasteiger partial charge in [-0.15, -0.1) is 13.2 Å². The first kappa shape index (κ1) is 20.9. The van der Waals surface area contributed by atoms with Crippen molar-refractivity contribution in [3.63, 3.8) is 0 Å². The molecule has 0 aromatic rings. The van der Waals surface area contributed by atoms with Gasteiger partial charge in [0.05, 0.1) is 8.41 Å². The summed E-state index contributed by atoms with van der Waals surface area (Å²) in [5.41, 5.74) is 0. The summed E-state index contributed by atoms with van der Waals surface area (Å²) in [6.45, 7) is 13.4. The Labute approximate surface area is 105 Å². The molecule has 0 aromatic carbocycles. The Balaban J connectivity index is -0.000000154. The van der Waals surface area contributed by atoms with E-state index in [4.69, 9.17) is 4.74 Å². The van der Waals surface area contributed by atoms with Crippen LogP contribution in [0.5, 0.6) is 0 Å². The fraction of sp³-hybridized carbons (Fsp3) is 0.714. The molecule has 1 fully saturated rings. The molecule has 0 aliphatic carbocycles. The van der Waals surface area contributed by atoms with Gasteiger partial charge in [-0.05, 0) is 25.7 Å². The highest BCUT2D eigenvalue weighted by Crippen LogP contribution is 1.98. The predicted octanol–water partition coefficient (Wildman–Crippen LogP) is 3.56. The van der Waals surface area contributed by atoms with Gasteiger partial charge in [-0.3, -0.25) is 0 Å². The van der Waals surface area contributed by atoms with E-state index in [-0.39, 0.29) is 8.41 Å². The van der Waals surface area contributed by atoms with Crippen molar-refractivity contribution in [1.29, 1.82) is 0 Å². The van der Waals surface area contributed by atoms with E-state index in [9.17, 15) is 0 Å². The highest BCUT2D eigenvalue weighted by molar-refractivity contribution is 5.75. The van der Waals surface area contributed by atoms with E-state index in [0.29, 0.717) is 0 Å². The predicted molar refractivity (Wildman–Crippen MR) is 80.2 cm³/mol. The monoisotopic (exact) mass is 226 g/mol. The van der Waals surface area contributed by atoms with Crippen LogP contribution in [-0.2, 0) is 4.74 Å². The summed E-state index contributed by atoms with van der Waals surface area (Å²) >= 11 is 0. The summed E-state index contributed by atoms with van der Waals surface area (Å²) < 4.78 is 4.94. The smallest absolute Gasteiger partial charge is 0.0814 e. The molecule has 0 atom stereocenters. The molecule has 0 bridgehead atoms. The van der Waals surface area contributed by atoms with E-state index in [0.717, 1.165) is 26.1 Å². The van der Waals surface area contributed by atoms with Crippen LogP contribution in [0.2, 0.25) is 0 Å². The maximum Gasteiger partial charge on any atom is 0.0814 e. The molecule has 1 saturated heterocycles. The Bertz CT molecular complexity index is 102. The molecular weight excluding hydrogens is 195 g/mol. The Morgan fingerprint density at radius 1 is 0.938 bits per heavy atom. The van der Waals surface area contributed by atoms with Crippen molar-refractivity contribution in [2.75, 3.05) is 13.2 Å². The molecule has 0 radical (unpaired) electrons. The molecule has 1 rings (SSSR count). The zero-order valence-corrected chi connectivity index (χ0v) is 10.6. The van der Waals surface area contributed by atoms with Crippen LogP contribution >= 0.6 is 0 Å². The summed E-state index contributed by atoms with van der Waals surface area (Å²) in [4.78, 5) is 0. The number of allylic oxidation sites excluding steroid dienone is 2. The summed E-state index contributed by atoms with van der Waals surface area (Å²) in [6, 6.07) is 0. The van der Waals surface area contributed by atoms with Crippen LogP contribution in [0.1, 0.15) is 52.4 Å². The van der Waals surface area contributed by atoms with E-state index in [1.54, 1.807) is 0 Å². The van der Waals surface area contributed by atoms with Crippen molar-refractivity contribution in [2.24, 2.45) is 0 Å². The second-order valence-corrected chi connectivity index (χ2v) is 3.47. The van der Waals surface area contributed by atoms with Gasteiger partial charge in [-0.2, -0.15) is 0 Å². The molecule has 16 heavy (non-hydrogen) atoms. The lowest BCUT2D eigenvalue weighted by molar-refractivity contribution is 0.198. The summed E-state index contributed by atoms with van der Waals surface area (Å²) in [6.07, 6.45) is 11.2. The van der Waals surface area contributed by atoms with Crippen LogP contribution in [-0.4, -0.2) is 21.6 Å².